The molecule has 0 radical (unpaired) electrons. The number of H-pyrrole nitrogens is 1. The van der Waals surface area contributed by atoms with Crippen LogP contribution < -0.4 is 5.56 Å². The minimum atomic E-state index is -0.123. The van der Waals surface area contributed by atoms with Crippen LogP contribution in [0, 0.1) is 0 Å². The van der Waals surface area contributed by atoms with Crippen molar-refractivity contribution in [3.8, 4) is 5.69 Å². The molecule has 0 spiro atoms. The number of para-hydroxylation sites is 1. The number of hydrogen-bond donors (Lipinski definition) is 1. The topological polar surface area (TPSA) is 57.2 Å². The predicted molar refractivity (Wildman–Crippen MR) is 113 cm³/mol. The van der Waals surface area contributed by atoms with Crippen molar-refractivity contribution in [3.05, 3.63) is 58.0 Å². The van der Waals surface area contributed by atoms with Gasteiger partial charge in [0.2, 0.25) is 0 Å². The lowest BCUT2D eigenvalue weighted by Crippen LogP contribution is -2.44. The van der Waals surface area contributed by atoms with E-state index >= 15 is 0 Å². The molecule has 0 bridgehead atoms. The number of pyridine rings is 1. The van der Waals surface area contributed by atoms with Crippen LogP contribution in [0.4, 0.5) is 0 Å². The van der Waals surface area contributed by atoms with Gasteiger partial charge in [0.1, 0.15) is 5.65 Å². The number of aromatic amines is 1. The number of fused-ring (bicyclic) bond motifs is 1. The molecule has 0 atom stereocenters. The van der Waals surface area contributed by atoms with Gasteiger partial charge in [-0.2, -0.15) is 5.10 Å². The normalized spacial score (nSPS) is 16.7. The van der Waals surface area contributed by atoms with Gasteiger partial charge in [0.25, 0.3) is 5.56 Å². The van der Waals surface area contributed by atoms with Crippen LogP contribution in [0.5, 0.6) is 0 Å². The third kappa shape index (κ3) is 3.62. The van der Waals surface area contributed by atoms with Crippen LogP contribution in [-0.4, -0.2) is 57.8 Å². The maximum Gasteiger partial charge on any atom is 0.254 e. The lowest BCUT2D eigenvalue weighted by molar-refractivity contribution is 0.148. The molecule has 28 heavy (non-hydrogen) atoms. The highest BCUT2D eigenvalue weighted by atomic mass is 16.1. The van der Waals surface area contributed by atoms with Crippen LogP contribution >= 0.6 is 0 Å². The summed E-state index contributed by atoms with van der Waals surface area (Å²) in [6, 6.07) is 12.0. The molecule has 6 heteroatoms. The lowest BCUT2D eigenvalue weighted by atomic mass is 9.90. The van der Waals surface area contributed by atoms with Crippen LogP contribution in [-0.2, 0) is 12.0 Å². The summed E-state index contributed by atoms with van der Waals surface area (Å²) >= 11 is 0. The fraction of sp³-hybridized carbons (Fsp3) is 0.455. The first-order valence-electron chi connectivity index (χ1n) is 9.94. The van der Waals surface area contributed by atoms with Crippen molar-refractivity contribution in [3.63, 3.8) is 0 Å². The summed E-state index contributed by atoms with van der Waals surface area (Å²) in [6.07, 6.45) is 0. The summed E-state index contributed by atoms with van der Waals surface area (Å²) in [5.74, 6) is 0. The van der Waals surface area contributed by atoms with E-state index in [9.17, 15) is 4.79 Å². The highest BCUT2D eigenvalue weighted by Gasteiger charge is 2.25. The van der Waals surface area contributed by atoms with E-state index in [-0.39, 0.29) is 11.0 Å². The second kappa shape index (κ2) is 7.18. The Labute approximate surface area is 165 Å². The summed E-state index contributed by atoms with van der Waals surface area (Å²) in [5.41, 5.74) is 3.39. The van der Waals surface area contributed by atoms with E-state index in [0.717, 1.165) is 54.2 Å². The third-order valence-corrected chi connectivity index (χ3v) is 5.47. The highest BCUT2D eigenvalue weighted by molar-refractivity contribution is 5.81. The van der Waals surface area contributed by atoms with Gasteiger partial charge in [-0.1, -0.05) is 39.0 Å². The maximum atomic E-state index is 12.9. The molecule has 1 aliphatic rings. The van der Waals surface area contributed by atoms with E-state index < -0.39 is 0 Å². The van der Waals surface area contributed by atoms with E-state index in [2.05, 4.69) is 48.7 Å². The Kier molecular flexibility index (Phi) is 4.85. The molecule has 148 valence electrons. The molecule has 1 aliphatic heterocycles. The average Bonchev–Trinajstić information content (AvgIpc) is 3.03. The standard InChI is InChI=1S/C22H29N5O/c1-22(2,3)19-18-14-16(15-26-12-10-25(4)11-13-26)21(28)23-20(18)27(24-19)17-8-6-5-7-9-17/h5-9,14H,10-13,15H2,1-4H3,(H,23,28). The molecule has 1 saturated heterocycles. The van der Waals surface area contributed by atoms with Crippen LogP contribution in [0.25, 0.3) is 16.7 Å². The number of nitrogens with zero attached hydrogens (tertiary/aromatic N) is 4. The average molecular weight is 380 g/mol. The molecule has 1 N–H and O–H groups in total. The Bertz CT molecular complexity index is 1020. The van der Waals surface area contributed by atoms with E-state index in [1.165, 1.54) is 0 Å². The van der Waals surface area contributed by atoms with Crippen LogP contribution in [0.15, 0.2) is 41.2 Å². The van der Waals surface area contributed by atoms with Gasteiger partial charge in [-0.3, -0.25) is 9.69 Å². The van der Waals surface area contributed by atoms with Crippen molar-refractivity contribution in [1.82, 2.24) is 24.6 Å². The largest absolute Gasteiger partial charge is 0.306 e. The van der Waals surface area contributed by atoms with Gasteiger partial charge in [0.15, 0.2) is 0 Å². The van der Waals surface area contributed by atoms with E-state index in [1.807, 2.05) is 35.0 Å². The van der Waals surface area contributed by atoms with Gasteiger partial charge in [-0.05, 0) is 25.2 Å². The lowest BCUT2D eigenvalue weighted by Gasteiger charge is -2.32. The quantitative estimate of drug-likeness (QED) is 0.760. The second-order valence-corrected chi connectivity index (χ2v) is 8.81. The van der Waals surface area contributed by atoms with Crippen molar-refractivity contribution >= 4 is 11.0 Å². The van der Waals surface area contributed by atoms with Gasteiger partial charge < -0.3 is 9.88 Å². The molecule has 4 rings (SSSR count). The molecule has 0 aliphatic carbocycles. The zero-order valence-electron chi connectivity index (χ0n) is 17.2. The fourth-order valence-electron chi connectivity index (χ4n) is 3.79. The summed E-state index contributed by atoms with van der Waals surface area (Å²) in [7, 11) is 2.14. The Hall–Kier alpha value is -2.44. The number of likely N-dealkylation sites (N-methyl/N-ethyl adjacent to an activating group) is 1. The Balaban J connectivity index is 1.80. The minimum absolute atomic E-state index is 0.0241. The third-order valence-electron chi connectivity index (χ3n) is 5.47. The van der Waals surface area contributed by atoms with E-state index in [0.29, 0.717) is 6.54 Å². The second-order valence-electron chi connectivity index (χ2n) is 8.81. The minimum Gasteiger partial charge on any atom is -0.306 e. The molecular weight excluding hydrogens is 350 g/mol. The Morgan fingerprint density at radius 3 is 2.39 bits per heavy atom. The first-order chi connectivity index (χ1) is 13.3. The van der Waals surface area contributed by atoms with Crippen molar-refractivity contribution < 1.29 is 0 Å². The predicted octanol–water partition coefficient (Wildman–Crippen LogP) is 2.76. The summed E-state index contributed by atoms with van der Waals surface area (Å²) in [4.78, 5) is 20.7. The van der Waals surface area contributed by atoms with Gasteiger partial charge in [0, 0.05) is 49.1 Å². The van der Waals surface area contributed by atoms with Crippen molar-refractivity contribution in [2.24, 2.45) is 0 Å². The maximum absolute atomic E-state index is 12.9. The smallest absolute Gasteiger partial charge is 0.254 e. The van der Waals surface area contributed by atoms with Crippen LogP contribution in [0.1, 0.15) is 32.0 Å². The molecule has 3 heterocycles. The Morgan fingerprint density at radius 1 is 1.07 bits per heavy atom. The number of nitrogens with one attached hydrogen (secondary N) is 1. The molecule has 0 saturated carbocycles. The SMILES string of the molecule is CN1CCN(Cc2cc3c(C(C)(C)C)nn(-c4ccccc4)c3[nH]c2=O)CC1. The van der Waals surface area contributed by atoms with Gasteiger partial charge in [-0.15, -0.1) is 0 Å². The summed E-state index contributed by atoms with van der Waals surface area (Å²) < 4.78 is 1.86. The zero-order chi connectivity index (χ0) is 19.9. The first kappa shape index (κ1) is 18.9. The molecule has 0 amide bonds. The summed E-state index contributed by atoms with van der Waals surface area (Å²) in [6.45, 7) is 11.2. The van der Waals surface area contributed by atoms with Crippen molar-refractivity contribution in [2.45, 2.75) is 32.7 Å². The molecule has 1 fully saturated rings. The van der Waals surface area contributed by atoms with Crippen molar-refractivity contribution in [1.29, 1.82) is 0 Å². The molecule has 1 aromatic carbocycles. The molecule has 0 unspecified atom stereocenters. The van der Waals surface area contributed by atoms with Gasteiger partial charge >= 0.3 is 0 Å². The number of benzene rings is 1. The zero-order valence-corrected chi connectivity index (χ0v) is 17.2. The number of rotatable bonds is 3. The number of hydrogen-bond acceptors (Lipinski definition) is 4. The fourth-order valence-corrected chi connectivity index (χ4v) is 3.79. The summed E-state index contributed by atoms with van der Waals surface area (Å²) in [5, 5.41) is 5.92. The number of aromatic nitrogens is 3. The molecule has 3 aromatic rings. The van der Waals surface area contributed by atoms with Crippen LogP contribution in [0.3, 0.4) is 0 Å². The number of piperazine rings is 1. The molecule has 2 aromatic heterocycles. The van der Waals surface area contributed by atoms with Crippen LogP contribution in [0.2, 0.25) is 0 Å². The Morgan fingerprint density at radius 2 is 1.75 bits per heavy atom. The van der Waals surface area contributed by atoms with Gasteiger partial charge in [0.05, 0.1) is 11.4 Å². The van der Waals surface area contributed by atoms with E-state index in [1.54, 1.807) is 0 Å². The highest BCUT2D eigenvalue weighted by Crippen LogP contribution is 2.30. The monoisotopic (exact) mass is 379 g/mol. The van der Waals surface area contributed by atoms with E-state index in [4.69, 9.17) is 5.10 Å². The van der Waals surface area contributed by atoms with Crippen molar-refractivity contribution in [2.75, 3.05) is 33.2 Å². The first-order valence-corrected chi connectivity index (χ1v) is 9.94. The molecular formula is C22H29N5O. The molecule has 6 nitrogen and oxygen atoms in total. The van der Waals surface area contributed by atoms with Gasteiger partial charge in [-0.25, -0.2) is 4.68 Å².